The van der Waals surface area contributed by atoms with Gasteiger partial charge in [-0.1, -0.05) is 12.1 Å². The van der Waals surface area contributed by atoms with Gasteiger partial charge < -0.3 is 14.4 Å². The molecule has 1 fully saturated rings. The Hall–Kier alpha value is -1.88. The molecular weight excluding hydrogens is 258 g/mol. The first-order valence-corrected chi connectivity index (χ1v) is 6.69. The van der Waals surface area contributed by atoms with Gasteiger partial charge in [-0.25, -0.2) is 0 Å². The van der Waals surface area contributed by atoms with Crippen molar-refractivity contribution in [1.29, 1.82) is 0 Å². The first kappa shape index (κ1) is 14.5. The van der Waals surface area contributed by atoms with Gasteiger partial charge in [0.2, 0.25) is 0 Å². The van der Waals surface area contributed by atoms with Gasteiger partial charge in [-0.05, 0) is 26.0 Å². The van der Waals surface area contributed by atoms with E-state index in [1.165, 1.54) is 6.92 Å². The number of carbonyl (C=O) groups excluding carboxylic acids is 2. The molecule has 1 heterocycles. The number of ketones is 1. The fourth-order valence-electron chi connectivity index (χ4n) is 2.09. The summed E-state index contributed by atoms with van der Waals surface area (Å²) < 4.78 is 10.9. The normalized spacial score (nSPS) is 18.7. The standard InChI is InChI=1S/C15H19NO4/c1-11-9-16(6-7-19-11)15(18)10-20-14-5-3-4-13(8-14)12(2)17/h3-5,8,11H,6-7,9-10H2,1-2H3. The number of amides is 1. The molecule has 0 aliphatic carbocycles. The molecule has 0 radical (unpaired) electrons. The van der Waals surface area contributed by atoms with Gasteiger partial charge in [-0.2, -0.15) is 0 Å². The van der Waals surface area contributed by atoms with Crippen LogP contribution in [0.5, 0.6) is 5.75 Å². The minimum atomic E-state index is -0.0617. The molecule has 1 aromatic carbocycles. The Kier molecular flexibility index (Phi) is 4.74. The Morgan fingerprint density at radius 2 is 2.25 bits per heavy atom. The number of Topliss-reactive ketones (excluding diaryl/α,β-unsaturated/α-hetero) is 1. The molecule has 0 saturated carbocycles. The van der Waals surface area contributed by atoms with Gasteiger partial charge in [0.25, 0.3) is 5.91 Å². The molecule has 0 N–H and O–H groups in total. The summed E-state index contributed by atoms with van der Waals surface area (Å²) in [7, 11) is 0. The summed E-state index contributed by atoms with van der Waals surface area (Å²) in [6.45, 7) is 5.17. The molecule has 0 bridgehead atoms. The monoisotopic (exact) mass is 277 g/mol. The lowest BCUT2D eigenvalue weighted by Crippen LogP contribution is -2.46. The molecule has 5 heteroatoms. The lowest BCUT2D eigenvalue weighted by molar-refractivity contribution is -0.140. The fourth-order valence-corrected chi connectivity index (χ4v) is 2.09. The highest BCUT2D eigenvalue weighted by molar-refractivity contribution is 5.94. The second kappa shape index (κ2) is 6.52. The average molecular weight is 277 g/mol. The lowest BCUT2D eigenvalue weighted by Gasteiger charge is -2.31. The third-order valence-corrected chi connectivity index (χ3v) is 3.20. The first-order chi connectivity index (χ1) is 9.56. The lowest BCUT2D eigenvalue weighted by atomic mass is 10.1. The summed E-state index contributed by atoms with van der Waals surface area (Å²) in [5, 5.41) is 0. The molecule has 1 aromatic rings. The molecular formula is C15H19NO4. The van der Waals surface area contributed by atoms with Gasteiger partial charge in [0.1, 0.15) is 5.75 Å². The van der Waals surface area contributed by atoms with E-state index in [1.807, 2.05) is 6.92 Å². The second-order valence-corrected chi connectivity index (χ2v) is 4.89. The zero-order chi connectivity index (χ0) is 14.5. The van der Waals surface area contributed by atoms with Crippen LogP contribution in [0.15, 0.2) is 24.3 Å². The highest BCUT2D eigenvalue weighted by Gasteiger charge is 2.21. The van der Waals surface area contributed by atoms with Gasteiger partial charge in [-0.15, -0.1) is 0 Å². The van der Waals surface area contributed by atoms with Crippen LogP contribution >= 0.6 is 0 Å². The molecule has 20 heavy (non-hydrogen) atoms. The van der Waals surface area contributed by atoms with E-state index in [-0.39, 0.29) is 24.4 Å². The first-order valence-electron chi connectivity index (χ1n) is 6.69. The van der Waals surface area contributed by atoms with Crippen LogP contribution < -0.4 is 4.74 Å². The molecule has 0 aromatic heterocycles. The molecule has 5 nitrogen and oxygen atoms in total. The SMILES string of the molecule is CC(=O)c1cccc(OCC(=O)N2CCOC(C)C2)c1. The van der Waals surface area contributed by atoms with E-state index in [4.69, 9.17) is 9.47 Å². The number of carbonyl (C=O) groups is 2. The Balaban J connectivity index is 1.89. The predicted molar refractivity (Wildman–Crippen MR) is 73.9 cm³/mol. The van der Waals surface area contributed by atoms with Crippen molar-refractivity contribution in [3.63, 3.8) is 0 Å². The summed E-state index contributed by atoms with van der Waals surface area (Å²) in [6, 6.07) is 6.85. The van der Waals surface area contributed by atoms with E-state index in [0.29, 0.717) is 31.0 Å². The van der Waals surface area contributed by atoms with Gasteiger partial charge in [0.05, 0.1) is 12.7 Å². The van der Waals surface area contributed by atoms with Crippen molar-refractivity contribution in [3.8, 4) is 5.75 Å². The number of nitrogens with zero attached hydrogens (tertiary/aromatic N) is 1. The van der Waals surface area contributed by atoms with Crippen molar-refractivity contribution in [1.82, 2.24) is 4.90 Å². The van der Waals surface area contributed by atoms with Crippen LogP contribution in [0.4, 0.5) is 0 Å². The van der Waals surface area contributed by atoms with Gasteiger partial charge >= 0.3 is 0 Å². The van der Waals surface area contributed by atoms with Crippen LogP contribution in [0.3, 0.4) is 0 Å². The Labute approximate surface area is 118 Å². The molecule has 0 spiro atoms. The van der Waals surface area contributed by atoms with Gasteiger partial charge in [-0.3, -0.25) is 9.59 Å². The molecule has 2 rings (SSSR count). The Morgan fingerprint density at radius 3 is 2.95 bits per heavy atom. The number of ether oxygens (including phenoxy) is 2. The number of benzene rings is 1. The maximum atomic E-state index is 12.0. The Morgan fingerprint density at radius 1 is 1.45 bits per heavy atom. The van der Waals surface area contributed by atoms with E-state index in [0.717, 1.165) is 0 Å². The van der Waals surface area contributed by atoms with Crippen LogP contribution in [-0.4, -0.2) is 49.0 Å². The molecule has 1 unspecified atom stereocenters. The maximum Gasteiger partial charge on any atom is 0.260 e. The van der Waals surface area contributed by atoms with Crippen molar-refractivity contribution in [2.75, 3.05) is 26.3 Å². The smallest absolute Gasteiger partial charge is 0.260 e. The summed E-state index contributed by atoms with van der Waals surface area (Å²) in [4.78, 5) is 25.0. The third-order valence-electron chi connectivity index (χ3n) is 3.20. The van der Waals surface area contributed by atoms with Crippen molar-refractivity contribution in [2.45, 2.75) is 20.0 Å². The molecule has 108 valence electrons. The van der Waals surface area contributed by atoms with E-state index in [2.05, 4.69) is 0 Å². The van der Waals surface area contributed by atoms with Crippen LogP contribution in [0, 0.1) is 0 Å². The molecule has 1 atom stereocenters. The zero-order valence-electron chi connectivity index (χ0n) is 11.8. The van der Waals surface area contributed by atoms with E-state index < -0.39 is 0 Å². The predicted octanol–water partition coefficient (Wildman–Crippen LogP) is 1.52. The maximum absolute atomic E-state index is 12.0. The van der Waals surface area contributed by atoms with Gasteiger partial charge in [0, 0.05) is 18.7 Å². The molecule has 1 aliphatic rings. The minimum Gasteiger partial charge on any atom is -0.484 e. The average Bonchev–Trinajstić information content (AvgIpc) is 2.45. The van der Waals surface area contributed by atoms with Crippen molar-refractivity contribution in [3.05, 3.63) is 29.8 Å². The van der Waals surface area contributed by atoms with E-state index >= 15 is 0 Å². The third kappa shape index (κ3) is 3.81. The highest BCUT2D eigenvalue weighted by Crippen LogP contribution is 2.14. The van der Waals surface area contributed by atoms with Crippen molar-refractivity contribution in [2.24, 2.45) is 0 Å². The zero-order valence-corrected chi connectivity index (χ0v) is 11.8. The van der Waals surface area contributed by atoms with Crippen LogP contribution in [0.1, 0.15) is 24.2 Å². The molecule has 1 amide bonds. The van der Waals surface area contributed by atoms with Crippen LogP contribution in [0.2, 0.25) is 0 Å². The Bertz CT molecular complexity index is 500. The number of rotatable bonds is 4. The fraction of sp³-hybridized carbons (Fsp3) is 0.467. The number of morpholine rings is 1. The summed E-state index contributed by atoms with van der Waals surface area (Å²) in [5.74, 6) is 0.449. The van der Waals surface area contributed by atoms with Crippen molar-refractivity contribution < 1.29 is 19.1 Å². The summed E-state index contributed by atoms with van der Waals surface area (Å²) >= 11 is 0. The number of hydrogen-bond donors (Lipinski definition) is 0. The van der Waals surface area contributed by atoms with Gasteiger partial charge in [0.15, 0.2) is 12.4 Å². The quantitative estimate of drug-likeness (QED) is 0.783. The topological polar surface area (TPSA) is 55.8 Å². The van der Waals surface area contributed by atoms with E-state index in [1.54, 1.807) is 29.2 Å². The summed E-state index contributed by atoms with van der Waals surface area (Å²) in [6.07, 6.45) is 0.0636. The van der Waals surface area contributed by atoms with E-state index in [9.17, 15) is 9.59 Å². The highest BCUT2D eigenvalue weighted by atomic mass is 16.5. The second-order valence-electron chi connectivity index (χ2n) is 4.89. The molecule has 1 saturated heterocycles. The van der Waals surface area contributed by atoms with Crippen LogP contribution in [-0.2, 0) is 9.53 Å². The minimum absolute atomic E-state index is 0.0198. The largest absolute Gasteiger partial charge is 0.484 e. The number of hydrogen-bond acceptors (Lipinski definition) is 4. The summed E-state index contributed by atoms with van der Waals surface area (Å²) in [5.41, 5.74) is 0.579. The van der Waals surface area contributed by atoms with Crippen LogP contribution in [0.25, 0.3) is 0 Å². The molecule has 1 aliphatic heterocycles. The van der Waals surface area contributed by atoms with Crippen molar-refractivity contribution >= 4 is 11.7 Å².